The lowest BCUT2D eigenvalue weighted by Crippen LogP contribution is -2.55. The molecule has 0 fully saturated rings. The smallest absolute Gasteiger partial charge is 0.264 e. The molecular formula is C31H38ClN3O4S. The van der Waals surface area contributed by atoms with E-state index in [1.165, 1.54) is 17.0 Å². The number of hydrogen-bond donors (Lipinski definition) is 1. The van der Waals surface area contributed by atoms with Crippen molar-refractivity contribution in [1.29, 1.82) is 0 Å². The van der Waals surface area contributed by atoms with E-state index in [0.717, 1.165) is 15.4 Å². The molecule has 3 aromatic carbocycles. The molecule has 214 valence electrons. The first-order chi connectivity index (χ1) is 18.7. The van der Waals surface area contributed by atoms with Crippen LogP contribution in [-0.2, 0) is 26.0 Å². The number of benzene rings is 3. The van der Waals surface area contributed by atoms with Crippen molar-refractivity contribution in [2.75, 3.05) is 17.4 Å². The highest BCUT2D eigenvalue weighted by molar-refractivity contribution is 7.92. The first-order valence-corrected chi connectivity index (χ1v) is 15.0. The average molecular weight is 584 g/mol. The summed E-state index contributed by atoms with van der Waals surface area (Å²) in [4.78, 5) is 28.7. The van der Waals surface area contributed by atoms with Crippen LogP contribution in [0.15, 0.2) is 77.7 Å². The van der Waals surface area contributed by atoms with Crippen molar-refractivity contribution in [3.8, 4) is 0 Å². The predicted octanol–water partition coefficient (Wildman–Crippen LogP) is 5.53. The van der Waals surface area contributed by atoms with Crippen molar-refractivity contribution in [2.24, 2.45) is 0 Å². The van der Waals surface area contributed by atoms with Crippen LogP contribution in [-0.4, -0.2) is 49.8 Å². The van der Waals surface area contributed by atoms with Crippen LogP contribution in [0.1, 0.15) is 44.4 Å². The number of amides is 2. The first-order valence-electron chi connectivity index (χ1n) is 13.2. The topological polar surface area (TPSA) is 86.8 Å². The maximum Gasteiger partial charge on any atom is 0.264 e. The molecule has 0 aliphatic carbocycles. The molecule has 0 spiro atoms. The van der Waals surface area contributed by atoms with E-state index in [0.29, 0.717) is 22.7 Å². The Morgan fingerprint density at radius 1 is 0.950 bits per heavy atom. The van der Waals surface area contributed by atoms with Gasteiger partial charge in [0.1, 0.15) is 12.6 Å². The van der Waals surface area contributed by atoms with Crippen LogP contribution < -0.4 is 9.62 Å². The Bertz CT molecular complexity index is 1440. The molecule has 2 amide bonds. The van der Waals surface area contributed by atoms with Crippen LogP contribution in [0, 0.1) is 13.8 Å². The number of rotatable bonds is 10. The number of aryl methyl sites for hydroxylation is 2. The second-order valence-corrected chi connectivity index (χ2v) is 13.3. The molecule has 0 aromatic heterocycles. The minimum absolute atomic E-state index is 0.0645. The lowest BCUT2D eigenvalue weighted by atomic mass is 10.1. The fourth-order valence-electron chi connectivity index (χ4n) is 4.29. The molecule has 1 unspecified atom stereocenters. The molecule has 0 saturated carbocycles. The van der Waals surface area contributed by atoms with Gasteiger partial charge in [0.05, 0.1) is 10.6 Å². The van der Waals surface area contributed by atoms with Gasteiger partial charge in [0, 0.05) is 17.1 Å². The monoisotopic (exact) mass is 583 g/mol. The van der Waals surface area contributed by atoms with Crippen molar-refractivity contribution < 1.29 is 18.0 Å². The van der Waals surface area contributed by atoms with Gasteiger partial charge in [-0.15, -0.1) is 0 Å². The Labute approximate surface area is 243 Å². The van der Waals surface area contributed by atoms with E-state index in [4.69, 9.17) is 11.6 Å². The number of hydrogen-bond acceptors (Lipinski definition) is 4. The number of nitrogens with one attached hydrogen (secondary N) is 1. The lowest BCUT2D eigenvalue weighted by molar-refractivity contribution is -0.139. The van der Waals surface area contributed by atoms with Crippen molar-refractivity contribution in [3.63, 3.8) is 0 Å². The molecule has 0 heterocycles. The van der Waals surface area contributed by atoms with Crippen molar-refractivity contribution >= 4 is 39.1 Å². The molecule has 7 nitrogen and oxygen atoms in total. The highest BCUT2D eigenvalue weighted by Crippen LogP contribution is 2.29. The number of nitrogens with zero attached hydrogens (tertiary/aromatic N) is 2. The molecular weight excluding hydrogens is 546 g/mol. The third-order valence-corrected chi connectivity index (χ3v) is 8.47. The van der Waals surface area contributed by atoms with Crippen molar-refractivity contribution in [1.82, 2.24) is 10.2 Å². The van der Waals surface area contributed by atoms with Crippen LogP contribution in [0.3, 0.4) is 0 Å². The highest BCUT2D eigenvalue weighted by Gasteiger charge is 2.33. The summed E-state index contributed by atoms with van der Waals surface area (Å²) >= 11 is 6.17. The van der Waals surface area contributed by atoms with Gasteiger partial charge in [-0.25, -0.2) is 8.42 Å². The van der Waals surface area contributed by atoms with E-state index >= 15 is 0 Å². The van der Waals surface area contributed by atoms with E-state index in [-0.39, 0.29) is 17.3 Å². The number of sulfonamides is 1. The minimum Gasteiger partial charge on any atom is -0.350 e. The fourth-order valence-corrected chi connectivity index (χ4v) is 6.00. The number of anilines is 1. The molecule has 3 aromatic rings. The summed E-state index contributed by atoms with van der Waals surface area (Å²) in [6, 6.07) is 20.2. The molecule has 1 atom stereocenters. The molecule has 40 heavy (non-hydrogen) atoms. The maximum atomic E-state index is 14.0. The zero-order valence-electron chi connectivity index (χ0n) is 23.9. The molecule has 0 aliphatic heterocycles. The quantitative estimate of drug-likeness (QED) is 0.340. The fraction of sp³-hybridized carbons (Fsp3) is 0.355. The predicted molar refractivity (Wildman–Crippen MR) is 161 cm³/mol. The van der Waals surface area contributed by atoms with E-state index in [1.807, 2.05) is 58.0 Å². The van der Waals surface area contributed by atoms with Gasteiger partial charge in [-0.2, -0.15) is 0 Å². The third-order valence-electron chi connectivity index (χ3n) is 6.47. The van der Waals surface area contributed by atoms with Crippen LogP contribution in [0.2, 0.25) is 5.02 Å². The molecule has 9 heteroatoms. The van der Waals surface area contributed by atoms with E-state index in [2.05, 4.69) is 5.32 Å². The number of carbonyl (C=O) groups is 2. The molecule has 0 saturated heterocycles. The zero-order chi connectivity index (χ0) is 29.7. The lowest BCUT2D eigenvalue weighted by Gasteiger charge is -2.33. The SMILES string of the molecule is Cc1ccc(S(=O)(=O)N(CC(=O)N(CCc2ccccc2)C(C)C(=O)NC(C)(C)C)c2ccc(Cl)cc2C)cc1. The van der Waals surface area contributed by atoms with Crippen LogP contribution in [0.25, 0.3) is 0 Å². The van der Waals surface area contributed by atoms with Gasteiger partial charge in [0.2, 0.25) is 11.8 Å². The Hall–Kier alpha value is -3.36. The number of carbonyl (C=O) groups excluding carboxylic acids is 2. The first kappa shape index (κ1) is 31.2. The molecule has 1 N–H and O–H groups in total. The summed E-state index contributed by atoms with van der Waals surface area (Å²) in [5.74, 6) is -0.804. The minimum atomic E-state index is -4.13. The van der Waals surface area contributed by atoms with E-state index in [9.17, 15) is 18.0 Å². The Balaban J connectivity index is 2.02. The van der Waals surface area contributed by atoms with Crippen LogP contribution in [0.4, 0.5) is 5.69 Å². The summed E-state index contributed by atoms with van der Waals surface area (Å²) in [6.45, 7) is 10.6. The second-order valence-electron chi connectivity index (χ2n) is 11.0. The number of halogens is 1. The maximum absolute atomic E-state index is 14.0. The van der Waals surface area contributed by atoms with Crippen molar-refractivity contribution in [3.05, 3.63) is 94.5 Å². The second kappa shape index (κ2) is 12.9. The van der Waals surface area contributed by atoms with E-state index < -0.39 is 34.1 Å². The van der Waals surface area contributed by atoms with Crippen LogP contribution >= 0.6 is 11.6 Å². The molecule has 3 rings (SSSR count). The Morgan fingerprint density at radius 3 is 2.15 bits per heavy atom. The third kappa shape index (κ3) is 8.08. The summed E-state index contributed by atoms with van der Waals surface area (Å²) in [6.07, 6.45) is 0.504. The van der Waals surface area contributed by atoms with Gasteiger partial charge in [-0.1, -0.05) is 59.6 Å². The van der Waals surface area contributed by atoms with E-state index in [1.54, 1.807) is 44.2 Å². The van der Waals surface area contributed by atoms with Gasteiger partial charge in [-0.3, -0.25) is 13.9 Å². The standard InChI is InChI=1S/C31H38ClN3O4S/c1-22-12-15-27(16-13-22)40(38,39)35(28-17-14-26(32)20-23(28)2)21-29(36)34(19-18-25-10-8-7-9-11-25)24(3)30(37)33-31(4,5)6/h7-17,20,24H,18-19,21H2,1-6H3,(H,33,37). The summed E-state index contributed by atoms with van der Waals surface area (Å²) < 4.78 is 29.0. The van der Waals surface area contributed by atoms with Gasteiger partial charge in [0.15, 0.2) is 0 Å². The van der Waals surface area contributed by atoms with Gasteiger partial charge < -0.3 is 10.2 Å². The normalized spacial score (nSPS) is 12.5. The zero-order valence-corrected chi connectivity index (χ0v) is 25.5. The molecule has 0 aliphatic rings. The Morgan fingerprint density at radius 2 is 1.57 bits per heavy atom. The van der Waals surface area contributed by atoms with Gasteiger partial charge in [0.25, 0.3) is 10.0 Å². The van der Waals surface area contributed by atoms with Gasteiger partial charge in [-0.05, 0) is 89.4 Å². The van der Waals surface area contributed by atoms with Gasteiger partial charge >= 0.3 is 0 Å². The molecule has 0 radical (unpaired) electrons. The van der Waals surface area contributed by atoms with Crippen molar-refractivity contribution in [2.45, 2.75) is 64.4 Å². The van der Waals surface area contributed by atoms with Crippen LogP contribution in [0.5, 0.6) is 0 Å². The highest BCUT2D eigenvalue weighted by atomic mass is 35.5. The average Bonchev–Trinajstić information content (AvgIpc) is 2.87. The Kier molecular flexibility index (Phi) is 10.0. The largest absolute Gasteiger partial charge is 0.350 e. The molecule has 0 bridgehead atoms. The summed E-state index contributed by atoms with van der Waals surface area (Å²) in [5.41, 5.74) is 2.36. The summed E-state index contributed by atoms with van der Waals surface area (Å²) in [7, 11) is -4.13. The summed E-state index contributed by atoms with van der Waals surface area (Å²) in [5, 5.41) is 3.39.